The van der Waals surface area contributed by atoms with E-state index in [-0.39, 0.29) is 6.17 Å². The topological polar surface area (TPSA) is 38.0 Å². The van der Waals surface area contributed by atoms with Gasteiger partial charge in [0.05, 0.1) is 6.17 Å². The van der Waals surface area contributed by atoms with Gasteiger partial charge in [-0.25, -0.2) is 0 Å². The first-order valence-corrected chi connectivity index (χ1v) is 4.76. The van der Waals surface area contributed by atoms with E-state index in [4.69, 9.17) is 5.73 Å². The summed E-state index contributed by atoms with van der Waals surface area (Å²) in [6.07, 6.45) is 4.86. The monoisotopic (exact) mass is 158 g/mol. The summed E-state index contributed by atoms with van der Waals surface area (Å²) in [6.45, 7) is 6.52. The van der Waals surface area contributed by atoms with Crippen LogP contribution in [0, 0.1) is 0 Å². The van der Waals surface area contributed by atoms with Gasteiger partial charge in [-0.3, -0.25) is 5.32 Å². The highest BCUT2D eigenvalue weighted by Gasteiger charge is 2.06. The van der Waals surface area contributed by atoms with Crippen LogP contribution in [0.5, 0.6) is 0 Å². The number of hydrogen-bond acceptors (Lipinski definition) is 2. The van der Waals surface area contributed by atoms with Gasteiger partial charge in [-0.05, 0) is 19.3 Å². The largest absolute Gasteiger partial charge is 0.316 e. The second kappa shape index (κ2) is 6.62. The summed E-state index contributed by atoms with van der Waals surface area (Å²) in [7, 11) is 0. The summed E-state index contributed by atoms with van der Waals surface area (Å²) in [5.41, 5.74) is 5.77. The highest BCUT2D eigenvalue weighted by Crippen LogP contribution is 2.01. The Balaban J connectivity index is 3.49. The van der Waals surface area contributed by atoms with Gasteiger partial charge in [0, 0.05) is 6.04 Å². The number of hydrogen-bond donors (Lipinski definition) is 2. The molecule has 2 nitrogen and oxygen atoms in total. The molecule has 0 radical (unpaired) electrons. The molecule has 0 amide bonds. The van der Waals surface area contributed by atoms with Gasteiger partial charge >= 0.3 is 0 Å². The molecule has 0 heterocycles. The summed E-state index contributed by atoms with van der Waals surface area (Å²) in [4.78, 5) is 0. The van der Waals surface area contributed by atoms with Crippen LogP contribution in [0.3, 0.4) is 0 Å². The second-order valence-electron chi connectivity index (χ2n) is 3.08. The molecule has 0 aromatic heterocycles. The molecule has 68 valence electrons. The van der Waals surface area contributed by atoms with Gasteiger partial charge in [0.25, 0.3) is 0 Å². The van der Waals surface area contributed by atoms with E-state index in [9.17, 15) is 0 Å². The third-order valence-corrected chi connectivity index (χ3v) is 2.02. The predicted octanol–water partition coefficient (Wildman–Crippen LogP) is 1.85. The minimum absolute atomic E-state index is 0.187. The second-order valence-corrected chi connectivity index (χ2v) is 3.08. The van der Waals surface area contributed by atoms with Crippen molar-refractivity contribution in [2.45, 2.75) is 58.7 Å². The van der Waals surface area contributed by atoms with Gasteiger partial charge in [0.15, 0.2) is 0 Å². The lowest BCUT2D eigenvalue weighted by atomic mass is 10.1. The summed E-state index contributed by atoms with van der Waals surface area (Å²) in [5, 5.41) is 3.40. The van der Waals surface area contributed by atoms with Gasteiger partial charge < -0.3 is 5.73 Å². The standard InChI is InChI=1S/C9H22N2/c1-4-7-8(5-2)11-9(10)6-3/h8-9,11H,4-7,10H2,1-3H3/t8?,9-/m0/s1. The van der Waals surface area contributed by atoms with Crippen molar-refractivity contribution in [1.29, 1.82) is 0 Å². The molecule has 11 heavy (non-hydrogen) atoms. The van der Waals surface area contributed by atoms with Crippen molar-refractivity contribution in [3.63, 3.8) is 0 Å². The molecule has 1 unspecified atom stereocenters. The molecule has 0 spiro atoms. The zero-order chi connectivity index (χ0) is 8.69. The molecule has 0 aromatic rings. The maximum Gasteiger partial charge on any atom is 0.0545 e. The Morgan fingerprint density at radius 1 is 1.18 bits per heavy atom. The summed E-state index contributed by atoms with van der Waals surface area (Å²) >= 11 is 0. The average Bonchev–Trinajstić information content (AvgIpc) is 2.03. The Morgan fingerprint density at radius 2 is 1.82 bits per heavy atom. The summed E-state index contributed by atoms with van der Waals surface area (Å²) in [5.74, 6) is 0. The van der Waals surface area contributed by atoms with Crippen LogP contribution in [0.1, 0.15) is 46.5 Å². The van der Waals surface area contributed by atoms with Gasteiger partial charge in [0.2, 0.25) is 0 Å². The Hall–Kier alpha value is -0.0800. The Bertz CT molecular complexity index is 83.6. The Labute approximate surface area is 70.5 Å². The number of rotatable bonds is 6. The van der Waals surface area contributed by atoms with Crippen LogP contribution in [0.4, 0.5) is 0 Å². The molecule has 0 saturated carbocycles. The van der Waals surface area contributed by atoms with Gasteiger partial charge in [-0.1, -0.05) is 27.2 Å². The molecule has 0 bridgehead atoms. The van der Waals surface area contributed by atoms with E-state index in [2.05, 4.69) is 26.1 Å². The van der Waals surface area contributed by atoms with Crippen molar-refractivity contribution in [2.75, 3.05) is 0 Å². The zero-order valence-electron chi connectivity index (χ0n) is 8.06. The fraction of sp³-hybridized carbons (Fsp3) is 1.00. The van der Waals surface area contributed by atoms with Crippen molar-refractivity contribution in [2.24, 2.45) is 5.73 Å². The van der Waals surface area contributed by atoms with E-state index in [1.54, 1.807) is 0 Å². The summed E-state index contributed by atoms with van der Waals surface area (Å²) < 4.78 is 0. The molecule has 0 aliphatic rings. The van der Waals surface area contributed by atoms with Crippen molar-refractivity contribution in [1.82, 2.24) is 5.32 Å². The molecule has 0 aliphatic carbocycles. The molecule has 2 heteroatoms. The number of nitrogens with one attached hydrogen (secondary N) is 1. The molecule has 0 fully saturated rings. The minimum Gasteiger partial charge on any atom is -0.316 e. The molecule has 0 aliphatic heterocycles. The number of nitrogens with two attached hydrogens (primary N) is 1. The average molecular weight is 158 g/mol. The van der Waals surface area contributed by atoms with E-state index in [1.165, 1.54) is 19.3 Å². The zero-order valence-corrected chi connectivity index (χ0v) is 8.06. The quantitative estimate of drug-likeness (QED) is 0.579. The molecule has 0 rings (SSSR count). The summed E-state index contributed by atoms with van der Waals surface area (Å²) in [6, 6.07) is 0.620. The third-order valence-electron chi connectivity index (χ3n) is 2.02. The Morgan fingerprint density at radius 3 is 2.18 bits per heavy atom. The van der Waals surface area contributed by atoms with E-state index < -0.39 is 0 Å². The molecule has 0 saturated heterocycles. The fourth-order valence-electron chi connectivity index (χ4n) is 1.17. The lowest BCUT2D eigenvalue weighted by Gasteiger charge is -2.20. The van der Waals surface area contributed by atoms with Crippen molar-refractivity contribution < 1.29 is 0 Å². The van der Waals surface area contributed by atoms with Crippen LogP contribution in [0.2, 0.25) is 0 Å². The fourth-order valence-corrected chi connectivity index (χ4v) is 1.17. The lowest BCUT2D eigenvalue weighted by molar-refractivity contribution is 0.394. The Kier molecular flexibility index (Phi) is 6.57. The first-order chi connectivity index (χ1) is 5.24. The normalized spacial score (nSPS) is 16.4. The van der Waals surface area contributed by atoms with Crippen LogP contribution in [0.15, 0.2) is 0 Å². The van der Waals surface area contributed by atoms with E-state index in [0.717, 1.165) is 6.42 Å². The minimum atomic E-state index is 0.187. The maximum absolute atomic E-state index is 5.77. The van der Waals surface area contributed by atoms with E-state index in [1.807, 2.05) is 0 Å². The highest BCUT2D eigenvalue weighted by atomic mass is 15.0. The van der Waals surface area contributed by atoms with Crippen molar-refractivity contribution >= 4 is 0 Å². The predicted molar refractivity (Wildman–Crippen MR) is 50.4 cm³/mol. The van der Waals surface area contributed by atoms with E-state index >= 15 is 0 Å². The van der Waals surface area contributed by atoms with Gasteiger partial charge in [-0.15, -0.1) is 0 Å². The molecular weight excluding hydrogens is 136 g/mol. The SMILES string of the molecule is CCCC(CC)N[C@H](N)CC. The molecular formula is C9H22N2. The van der Waals surface area contributed by atoms with Crippen LogP contribution in [0.25, 0.3) is 0 Å². The highest BCUT2D eigenvalue weighted by molar-refractivity contribution is 4.67. The molecule has 2 atom stereocenters. The van der Waals surface area contributed by atoms with Crippen molar-refractivity contribution in [3.05, 3.63) is 0 Å². The van der Waals surface area contributed by atoms with Gasteiger partial charge in [0.1, 0.15) is 0 Å². The van der Waals surface area contributed by atoms with Gasteiger partial charge in [-0.2, -0.15) is 0 Å². The van der Waals surface area contributed by atoms with Crippen LogP contribution < -0.4 is 11.1 Å². The first kappa shape index (κ1) is 10.9. The third kappa shape index (κ3) is 5.22. The first-order valence-electron chi connectivity index (χ1n) is 4.76. The van der Waals surface area contributed by atoms with Crippen molar-refractivity contribution in [3.8, 4) is 0 Å². The van der Waals surface area contributed by atoms with Crippen LogP contribution >= 0.6 is 0 Å². The van der Waals surface area contributed by atoms with E-state index in [0.29, 0.717) is 6.04 Å². The van der Waals surface area contributed by atoms with Crippen LogP contribution in [-0.4, -0.2) is 12.2 Å². The maximum atomic E-state index is 5.77. The smallest absolute Gasteiger partial charge is 0.0545 e. The molecule has 3 N–H and O–H groups in total. The van der Waals surface area contributed by atoms with Crippen LogP contribution in [-0.2, 0) is 0 Å². The molecule has 0 aromatic carbocycles. The lowest BCUT2D eigenvalue weighted by Crippen LogP contribution is -2.43.